The van der Waals surface area contributed by atoms with Crippen LogP contribution >= 0.6 is 0 Å². The van der Waals surface area contributed by atoms with Crippen molar-refractivity contribution >= 4 is 22.9 Å². The molecule has 0 spiro atoms. The number of rotatable bonds is 6. The summed E-state index contributed by atoms with van der Waals surface area (Å²) in [5.74, 6) is 1.61. The molecule has 0 bridgehead atoms. The Morgan fingerprint density at radius 3 is 2.49 bits per heavy atom. The van der Waals surface area contributed by atoms with Crippen LogP contribution in [0.5, 0.6) is 5.75 Å². The van der Waals surface area contributed by atoms with Gasteiger partial charge in [0, 0.05) is 36.6 Å². The maximum absolute atomic E-state index is 12.1. The Kier molecular flexibility index (Phi) is 6.52. The Bertz CT molecular complexity index is 1300. The molecule has 0 unspecified atom stereocenters. The van der Waals surface area contributed by atoms with Crippen LogP contribution in [0.25, 0.3) is 27.8 Å². The maximum Gasteiger partial charge on any atom is 0.409 e. The molecule has 3 heterocycles. The zero-order valence-corrected chi connectivity index (χ0v) is 20.0. The number of aromatic nitrogens is 3. The molecule has 8 nitrogen and oxygen atoms in total. The molecule has 1 aliphatic heterocycles. The van der Waals surface area contributed by atoms with Crippen molar-refractivity contribution in [2.45, 2.75) is 25.8 Å². The fourth-order valence-electron chi connectivity index (χ4n) is 4.56. The Balaban J connectivity index is 1.50. The van der Waals surface area contributed by atoms with E-state index in [1.54, 1.807) is 18.3 Å². The zero-order chi connectivity index (χ0) is 24.2. The second-order valence-corrected chi connectivity index (χ2v) is 8.50. The van der Waals surface area contributed by atoms with E-state index in [1.165, 1.54) is 0 Å². The van der Waals surface area contributed by atoms with E-state index in [9.17, 15) is 4.79 Å². The number of hydrogen-bond acceptors (Lipinski definition) is 6. The molecule has 0 radical (unpaired) electrons. The molecule has 5 rings (SSSR count). The van der Waals surface area contributed by atoms with Gasteiger partial charge in [-0.05, 0) is 49.6 Å². The molecule has 35 heavy (non-hydrogen) atoms. The Labute approximate surface area is 204 Å². The quantitative estimate of drug-likeness (QED) is 0.420. The fraction of sp³-hybridized carbons (Fsp3) is 0.296. The molecule has 1 aliphatic rings. The molecule has 1 saturated heterocycles. The van der Waals surface area contributed by atoms with E-state index in [0.717, 1.165) is 52.3 Å². The largest absolute Gasteiger partial charge is 0.497 e. The van der Waals surface area contributed by atoms with Gasteiger partial charge >= 0.3 is 6.09 Å². The van der Waals surface area contributed by atoms with Gasteiger partial charge in [-0.1, -0.05) is 30.3 Å². The van der Waals surface area contributed by atoms with Crippen LogP contribution < -0.4 is 10.1 Å². The number of likely N-dealkylation sites (tertiary alicyclic amines) is 1. The number of nitrogens with one attached hydrogen (secondary N) is 1. The lowest BCUT2D eigenvalue weighted by molar-refractivity contribution is 0.0983. The van der Waals surface area contributed by atoms with Gasteiger partial charge in [0.15, 0.2) is 5.65 Å². The minimum atomic E-state index is -0.238. The van der Waals surface area contributed by atoms with Gasteiger partial charge in [0.1, 0.15) is 17.9 Å². The summed E-state index contributed by atoms with van der Waals surface area (Å²) < 4.78 is 12.6. The molecule has 1 amide bonds. The van der Waals surface area contributed by atoms with Crippen LogP contribution in [0.4, 0.5) is 10.6 Å². The van der Waals surface area contributed by atoms with E-state index < -0.39 is 0 Å². The van der Waals surface area contributed by atoms with Crippen LogP contribution in [-0.2, 0) is 4.74 Å². The lowest BCUT2D eigenvalue weighted by Crippen LogP contribution is -2.42. The van der Waals surface area contributed by atoms with Gasteiger partial charge in [-0.3, -0.25) is 0 Å². The minimum absolute atomic E-state index is 0.201. The average molecular weight is 472 g/mol. The molecular weight excluding hydrogens is 442 g/mol. The molecule has 0 aliphatic carbocycles. The van der Waals surface area contributed by atoms with E-state index in [-0.39, 0.29) is 12.1 Å². The molecule has 2 aromatic carbocycles. The summed E-state index contributed by atoms with van der Waals surface area (Å²) in [6, 6.07) is 18.4. The second kappa shape index (κ2) is 10.0. The van der Waals surface area contributed by atoms with Crippen molar-refractivity contribution in [2.75, 3.05) is 32.1 Å². The van der Waals surface area contributed by atoms with Gasteiger partial charge in [0.25, 0.3) is 0 Å². The highest BCUT2D eigenvalue weighted by Crippen LogP contribution is 2.36. The van der Waals surface area contributed by atoms with Crippen molar-refractivity contribution in [1.82, 2.24) is 19.4 Å². The molecule has 1 N–H and O–H groups in total. The molecule has 4 aromatic rings. The van der Waals surface area contributed by atoms with Crippen LogP contribution in [0.15, 0.2) is 67.1 Å². The van der Waals surface area contributed by atoms with E-state index >= 15 is 0 Å². The first-order chi connectivity index (χ1) is 17.2. The first kappa shape index (κ1) is 22.7. The third-order valence-electron chi connectivity index (χ3n) is 6.38. The van der Waals surface area contributed by atoms with E-state index in [4.69, 9.17) is 9.47 Å². The summed E-state index contributed by atoms with van der Waals surface area (Å²) in [6.45, 7) is 3.53. The van der Waals surface area contributed by atoms with Crippen LogP contribution in [0.3, 0.4) is 0 Å². The molecule has 0 atom stereocenters. The summed E-state index contributed by atoms with van der Waals surface area (Å²) in [4.78, 5) is 23.2. The lowest BCUT2D eigenvalue weighted by Gasteiger charge is -2.32. The fourth-order valence-corrected chi connectivity index (χ4v) is 4.56. The topological polar surface area (TPSA) is 81.5 Å². The van der Waals surface area contributed by atoms with Gasteiger partial charge in [0.05, 0.1) is 19.1 Å². The third-order valence-corrected chi connectivity index (χ3v) is 6.38. The number of carbonyl (C=O) groups excluding carboxylic acids is 1. The summed E-state index contributed by atoms with van der Waals surface area (Å²) in [6.07, 6.45) is 5.13. The number of carbonyl (C=O) groups is 1. The highest BCUT2D eigenvalue weighted by molar-refractivity contribution is 6.02. The predicted molar refractivity (Wildman–Crippen MR) is 136 cm³/mol. The molecule has 180 valence electrons. The van der Waals surface area contributed by atoms with E-state index in [1.807, 2.05) is 49.4 Å². The SMILES string of the molecule is CCOC(=O)N1CCC(Nc2ncnc3c2c(-c2ccccc2)cn3-c2ccc(OC)cc2)CC1. The van der Waals surface area contributed by atoms with Crippen LogP contribution in [0.1, 0.15) is 19.8 Å². The summed E-state index contributed by atoms with van der Waals surface area (Å²) in [5.41, 5.74) is 3.98. The van der Waals surface area contributed by atoms with Crippen molar-refractivity contribution < 1.29 is 14.3 Å². The van der Waals surface area contributed by atoms with Crippen molar-refractivity contribution in [2.24, 2.45) is 0 Å². The number of anilines is 1. The van der Waals surface area contributed by atoms with Crippen LogP contribution in [0, 0.1) is 0 Å². The van der Waals surface area contributed by atoms with Crippen molar-refractivity contribution in [3.63, 3.8) is 0 Å². The first-order valence-corrected chi connectivity index (χ1v) is 11.9. The summed E-state index contributed by atoms with van der Waals surface area (Å²) in [7, 11) is 1.66. The number of hydrogen-bond donors (Lipinski definition) is 1. The average Bonchev–Trinajstić information content (AvgIpc) is 3.30. The maximum atomic E-state index is 12.1. The highest BCUT2D eigenvalue weighted by atomic mass is 16.6. The normalized spacial score (nSPS) is 14.2. The molecule has 8 heteroatoms. The van der Waals surface area contributed by atoms with E-state index in [2.05, 4.69) is 38.2 Å². The van der Waals surface area contributed by atoms with Gasteiger partial charge in [-0.15, -0.1) is 0 Å². The van der Waals surface area contributed by atoms with Gasteiger partial charge < -0.3 is 24.3 Å². The molecular formula is C27H29N5O3. The smallest absolute Gasteiger partial charge is 0.409 e. The highest BCUT2D eigenvalue weighted by Gasteiger charge is 2.25. The van der Waals surface area contributed by atoms with Crippen molar-refractivity contribution in [1.29, 1.82) is 0 Å². The number of ether oxygens (including phenoxy) is 2. The Hall–Kier alpha value is -4.07. The summed E-state index contributed by atoms with van der Waals surface area (Å²) in [5, 5.41) is 4.62. The standard InChI is InChI=1S/C27H29N5O3/c1-3-35-27(33)31-15-13-20(14-16-31)30-25-24-23(19-7-5-4-6-8-19)17-32(26(24)29-18-28-25)21-9-11-22(34-2)12-10-21/h4-12,17-18,20H,3,13-16H2,1-2H3,(H,28,29,30). The minimum Gasteiger partial charge on any atom is -0.497 e. The number of benzene rings is 2. The Morgan fingerprint density at radius 2 is 1.80 bits per heavy atom. The summed E-state index contributed by atoms with van der Waals surface area (Å²) >= 11 is 0. The Morgan fingerprint density at radius 1 is 1.06 bits per heavy atom. The third kappa shape index (κ3) is 4.64. The predicted octanol–water partition coefficient (Wildman–Crippen LogP) is 5.13. The van der Waals surface area contributed by atoms with Crippen LogP contribution in [-0.4, -0.2) is 58.4 Å². The number of amides is 1. The first-order valence-electron chi connectivity index (χ1n) is 11.9. The molecule has 1 fully saturated rings. The van der Waals surface area contributed by atoms with E-state index in [0.29, 0.717) is 19.7 Å². The molecule has 2 aromatic heterocycles. The van der Waals surface area contributed by atoms with Gasteiger partial charge in [-0.2, -0.15) is 0 Å². The number of methoxy groups -OCH3 is 1. The van der Waals surface area contributed by atoms with Crippen LogP contribution in [0.2, 0.25) is 0 Å². The van der Waals surface area contributed by atoms with Crippen molar-refractivity contribution in [3.8, 4) is 22.6 Å². The number of piperidine rings is 1. The van der Waals surface area contributed by atoms with Crippen molar-refractivity contribution in [3.05, 3.63) is 67.1 Å². The second-order valence-electron chi connectivity index (χ2n) is 8.50. The van der Waals surface area contributed by atoms with Gasteiger partial charge in [0.2, 0.25) is 0 Å². The molecule has 0 saturated carbocycles. The monoisotopic (exact) mass is 471 g/mol. The van der Waals surface area contributed by atoms with Gasteiger partial charge in [-0.25, -0.2) is 14.8 Å². The number of fused-ring (bicyclic) bond motifs is 1. The lowest BCUT2D eigenvalue weighted by atomic mass is 10.0. The number of nitrogens with zero attached hydrogens (tertiary/aromatic N) is 4. The zero-order valence-electron chi connectivity index (χ0n) is 20.0.